The highest BCUT2D eigenvalue weighted by Gasteiger charge is 2.24. The van der Waals surface area contributed by atoms with E-state index in [0.29, 0.717) is 16.3 Å². The van der Waals surface area contributed by atoms with E-state index in [1.54, 1.807) is 6.92 Å². The number of nitrogens with zero attached hydrogens (tertiary/aromatic N) is 2. The molecule has 0 spiro atoms. The van der Waals surface area contributed by atoms with Gasteiger partial charge in [-0.2, -0.15) is 4.37 Å². The van der Waals surface area contributed by atoms with E-state index >= 15 is 0 Å². The fourth-order valence-electron chi connectivity index (χ4n) is 1.75. The molecule has 0 aliphatic carbocycles. The summed E-state index contributed by atoms with van der Waals surface area (Å²) in [6.45, 7) is 1.58. The van der Waals surface area contributed by atoms with Crippen molar-refractivity contribution in [3.63, 3.8) is 0 Å². The van der Waals surface area contributed by atoms with E-state index in [2.05, 4.69) is 4.37 Å². The number of aryl methyl sites for hydroxylation is 1. The van der Waals surface area contributed by atoms with Crippen molar-refractivity contribution >= 4 is 51.6 Å². The van der Waals surface area contributed by atoms with E-state index < -0.39 is 5.97 Å². The minimum absolute atomic E-state index is 0.0240. The summed E-state index contributed by atoms with van der Waals surface area (Å²) in [5.74, 6) is -1.51. The van der Waals surface area contributed by atoms with Gasteiger partial charge in [0, 0.05) is 12.6 Å². The number of rotatable bonds is 3. The molecular weight excluding hydrogens is 335 g/mol. The minimum atomic E-state index is -1.12. The lowest BCUT2D eigenvalue weighted by atomic mass is 10.2. The van der Waals surface area contributed by atoms with E-state index in [-0.39, 0.29) is 21.5 Å². The van der Waals surface area contributed by atoms with Crippen LogP contribution in [-0.2, 0) is 0 Å². The summed E-state index contributed by atoms with van der Waals surface area (Å²) in [6, 6.07) is 4.49. The highest BCUT2D eigenvalue weighted by atomic mass is 35.5. The van der Waals surface area contributed by atoms with Gasteiger partial charge in [0.25, 0.3) is 5.91 Å². The maximum Gasteiger partial charge on any atom is 0.340 e. The molecule has 0 aliphatic heterocycles. The number of carbonyl (C=O) groups excluding carboxylic acids is 1. The number of benzene rings is 1. The van der Waals surface area contributed by atoms with Gasteiger partial charge in [-0.1, -0.05) is 23.2 Å². The van der Waals surface area contributed by atoms with Crippen molar-refractivity contribution in [2.75, 3.05) is 11.9 Å². The molecule has 0 saturated heterocycles. The normalized spacial score (nSPS) is 10.5. The molecule has 0 aliphatic rings. The predicted molar refractivity (Wildman–Crippen MR) is 83.0 cm³/mol. The van der Waals surface area contributed by atoms with Crippen LogP contribution in [0.3, 0.4) is 0 Å². The number of amides is 1. The van der Waals surface area contributed by atoms with Crippen molar-refractivity contribution in [3.05, 3.63) is 45.1 Å². The van der Waals surface area contributed by atoms with Crippen molar-refractivity contribution in [1.82, 2.24) is 4.37 Å². The van der Waals surface area contributed by atoms with Gasteiger partial charge in [-0.3, -0.25) is 4.79 Å². The van der Waals surface area contributed by atoms with Crippen LogP contribution in [-0.4, -0.2) is 28.4 Å². The lowest BCUT2D eigenvalue weighted by Crippen LogP contribution is -2.27. The van der Waals surface area contributed by atoms with Crippen LogP contribution in [0.1, 0.15) is 26.4 Å². The van der Waals surface area contributed by atoms with Gasteiger partial charge >= 0.3 is 5.97 Å². The zero-order valence-electron chi connectivity index (χ0n) is 11.1. The smallest absolute Gasteiger partial charge is 0.340 e. The molecule has 1 heterocycles. The molecule has 1 aromatic carbocycles. The SMILES string of the molecule is Cc1nsc(N(C)C(=O)c2ccc(Cl)c(Cl)c2)c1C(=O)O. The molecule has 110 valence electrons. The molecular formula is C13H10Cl2N2O3S. The zero-order chi connectivity index (χ0) is 15.7. The first kappa shape index (κ1) is 15.8. The Kier molecular flexibility index (Phi) is 4.51. The molecule has 0 unspecified atom stereocenters. The fraction of sp³-hybridized carbons (Fsp3) is 0.154. The Labute approximate surface area is 134 Å². The van der Waals surface area contributed by atoms with Crippen LogP contribution in [0, 0.1) is 6.92 Å². The van der Waals surface area contributed by atoms with Crippen molar-refractivity contribution in [2.24, 2.45) is 0 Å². The van der Waals surface area contributed by atoms with Gasteiger partial charge in [0.1, 0.15) is 10.6 Å². The lowest BCUT2D eigenvalue weighted by molar-refractivity contribution is 0.0697. The topological polar surface area (TPSA) is 70.5 Å². The second-order valence-corrected chi connectivity index (χ2v) is 5.81. The van der Waals surface area contributed by atoms with E-state index in [4.69, 9.17) is 23.2 Å². The van der Waals surface area contributed by atoms with Crippen LogP contribution in [0.2, 0.25) is 10.0 Å². The standard InChI is InChI=1S/C13H10Cl2N2O3S/c1-6-10(13(19)20)12(21-16-6)17(2)11(18)7-3-4-8(14)9(15)5-7/h3-5H,1-2H3,(H,19,20). The van der Waals surface area contributed by atoms with Crippen LogP contribution in [0.25, 0.3) is 0 Å². The summed E-state index contributed by atoms with van der Waals surface area (Å²) in [4.78, 5) is 24.9. The van der Waals surface area contributed by atoms with E-state index in [9.17, 15) is 14.7 Å². The van der Waals surface area contributed by atoms with Gasteiger partial charge in [-0.15, -0.1) is 0 Å². The molecule has 0 radical (unpaired) electrons. The van der Waals surface area contributed by atoms with Crippen LogP contribution in [0.15, 0.2) is 18.2 Å². The molecule has 5 nitrogen and oxygen atoms in total. The Morgan fingerprint density at radius 3 is 2.52 bits per heavy atom. The fourth-order valence-corrected chi connectivity index (χ4v) is 2.89. The number of carboxylic acids is 1. The molecule has 21 heavy (non-hydrogen) atoms. The number of carbonyl (C=O) groups is 2. The molecule has 2 aromatic rings. The number of anilines is 1. The monoisotopic (exact) mass is 344 g/mol. The maximum absolute atomic E-state index is 12.4. The van der Waals surface area contributed by atoms with Gasteiger partial charge in [0.05, 0.1) is 15.7 Å². The number of hydrogen-bond acceptors (Lipinski definition) is 4. The summed E-state index contributed by atoms with van der Waals surface area (Å²) < 4.78 is 3.99. The predicted octanol–water partition coefficient (Wildman–Crippen LogP) is 3.73. The summed E-state index contributed by atoms with van der Waals surface area (Å²) in [5.41, 5.74) is 0.710. The second-order valence-electron chi connectivity index (χ2n) is 4.25. The van der Waals surface area contributed by atoms with Crippen molar-refractivity contribution in [2.45, 2.75) is 6.92 Å². The first-order valence-corrected chi connectivity index (χ1v) is 7.28. The molecule has 1 aromatic heterocycles. The van der Waals surface area contributed by atoms with Gasteiger partial charge in [0.15, 0.2) is 0 Å². The quantitative estimate of drug-likeness (QED) is 0.920. The summed E-state index contributed by atoms with van der Waals surface area (Å²) in [6.07, 6.45) is 0. The van der Waals surface area contributed by atoms with Gasteiger partial charge < -0.3 is 10.0 Å². The molecule has 2 rings (SSSR count). The molecule has 0 bridgehead atoms. The highest BCUT2D eigenvalue weighted by molar-refractivity contribution is 7.11. The van der Waals surface area contributed by atoms with Crippen LogP contribution in [0.5, 0.6) is 0 Å². The second kappa shape index (κ2) is 6.01. The Balaban J connectivity index is 2.40. The summed E-state index contributed by atoms with van der Waals surface area (Å²) in [7, 11) is 1.49. The van der Waals surface area contributed by atoms with Crippen molar-refractivity contribution in [3.8, 4) is 0 Å². The Bertz CT molecular complexity index is 730. The minimum Gasteiger partial charge on any atom is -0.478 e. The van der Waals surface area contributed by atoms with Crippen molar-refractivity contribution < 1.29 is 14.7 Å². The first-order valence-electron chi connectivity index (χ1n) is 5.75. The van der Waals surface area contributed by atoms with Gasteiger partial charge in [-0.05, 0) is 36.7 Å². The summed E-state index contributed by atoms with van der Waals surface area (Å²) >= 11 is 12.7. The Hall–Kier alpha value is -1.63. The number of halogens is 2. The third-order valence-electron chi connectivity index (χ3n) is 2.83. The number of aromatic nitrogens is 1. The van der Waals surface area contributed by atoms with Crippen molar-refractivity contribution in [1.29, 1.82) is 0 Å². The van der Waals surface area contributed by atoms with E-state index in [0.717, 1.165) is 11.5 Å². The third-order valence-corrected chi connectivity index (χ3v) is 4.59. The zero-order valence-corrected chi connectivity index (χ0v) is 13.4. The average Bonchev–Trinajstić information content (AvgIpc) is 2.82. The molecule has 0 saturated carbocycles. The first-order chi connectivity index (χ1) is 9.82. The van der Waals surface area contributed by atoms with Gasteiger partial charge in [-0.25, -0.2) is 4.79 Å². The Morgan fingerprint density at radius 1 is 1.29 bits per heavy atom. The molecule has 1 amide bonds. The summed E-state index contributed by atoms with van der Waals surface area (Å²) in [5, 5.41) is 10.1. The average molecular weight is 345 g/mol. The maximum atomic E-state index is 12.4. The number of aromatic carboxylic acids is 1. The van der Waals surface area contributed by atoms with Crippen LogP contribution < -0.4 is 4.90 Å². The number of carboxylic acid groups (broad SMARTS) is 1. The highest BCUT2D eigenvalue weighted by Crippen LogP contribution is 2.30. The molecule has 0 atom stereocenters. The van der Waals surface area contributed by atoms with E-state index in [1.807, 2.05) is 0 Å². The molecule has 1 N–H and O–H groups in total. The van der Waals surface area contributed by atoms with E-state index in [1.165, 1.54) is 30.1 Å². The van der Waals surface area contributed by atoms with Crippen LogP contribution in [0.4, 0.5) is 5.00 Å². The van der Waals surface area contributed by atoms with Gasteiger partial charge in [0.2, 0.25) is 0 Å². The largest absolute Gasteiger partial charge is 0.478 e. The number of hydrogen-bond donors (Lipinski definition) is 1. The lowest BCUT2D eigenvalue weighted by Gasteiger charge is -2.16. The molecule has 8 heteroatoms. The molecule has 0 fully saturated rings. The third kappa shape index (κ3) is 3.02. The van der Waals surface area contributed by atoms with Crippen LogP contribution >= 0.6 is 34.7 Å². The Morgan fingerprint density at radius 2 is 1.95 bits per heavy atom.